The lowest BCUT2D eigenvalue weighted by Gasteiger charge is -2.32. The van der Waals surface area contributed by atoms with Crippen molar-refractivity contribution in [1.29, 1.82) is 0 Å². The number of carbonyl (C=O) groups excluding carboxylic acids is 2. The number of ether oxygens (including phenoxy) is 4. The monoisotopic (exact) mass is 461 g/mol. The number of benzene rings is 1. The number of hydroxylamine groups is 2. The van der Waals surface area contributed by atoms with Crippen molar-refractivity contribution < 1.29 is 33.4 Å². The molecule has 1 aliphatic rings. The molecule has 0 saturated heterocycles. The van der Waals surface area contributed by atoms with Gasteiger partial charge in [-0.1, -0.05) is 11.8 Å². The van der Waals surface area contributed by atoms with E-state index in [-0.39, 0.29) is 12.0 Å². The molecule has 1 aliphatic carbocycles. The van der Waals surface area contributed by atoms with Gasteiger partial charge in [0.15, 0.2) is 0 Å². The normalized spacial score (nSPS) is 18.5. The maximum absolute atomic E-state index is 12.6. The summed E-state index contributed by atoms with van der Waals surface area (Å²) < 4.78 is 21.6. The third kappa shape index (κ3) is 9.13. The topological polar surface area (TPSA) is 83.5 Å². The fraction of sp³-hybridized carbons (Fsp3) is 0.600. The van der Waals surface area contributed by atoms with Gasteiger partial charge in [-0.3, -0.25) is 4.84 Å². The van der Waals surface area contributed by atoms with Crippen LogP contribution < -0.4 is 9.47 Å². The van der Waals surface area contributed by atoms with Crippen LogP contribution in [-0.4, -0.2) is 47.8 Å². The van der Waals surface area contributed by atoms with Gasteiger partial charge in [-0.25, -0.2) is 9.59 Å². The summed E-state index contributed by atoms with van der Waals surface area (Å²) >= 11 is 0. The van der Waals surface area contributed by atoms with E-state index in [1.165, 1.54) is 0 Å². The molecule has 0 heterocycles. The standard InChI is InChI=1S/C25H35NO7/c1-17(26(22(27)31-24(2,3)4)33-23(28)32-25(5,6)7)9-10-18-15-21(16-18)30-20-13-11-19(29-8)12-14-20/h11-14,17-18,21H,15-16H2,1-8H3. The Morgan fingerprint density at radius 3 is 2.03 bits per heavy atom. The number of hydrogen-bond acceptors (Lipinski definition) is 7. The fourth-order valence-corrected chi connectivity index (χ4v) is 2.85. The van der Waals surface area contributed by atoms with E-state index < -0.39 is 29.5 Å². The Kier molecular flexibility index (Phi) is 8.48. The van der Waals surface area contributed by atoms with Gasteiger partial charge >= 0.3 is 12.2 Å². The van der Waals surface area contributed by atoms with Crippen molar-refractivity contribution in [3.05, 3.63) is 24.3 Å². The molecule has 1 saturated carbocycles. The molecule has 8 nitrogen and oxygen atoms in total. The van der Waals surface area contributed by atoms with Crippen molar-refractivity contribution >= 4 is 12.2 Å². The zero-order valence-corrected chi connectivity index (χ0v) is 20.8. The molecule has 0 radical (unpaired) electrons. The summed E-state index contributed by atoms with van der Waals surface area (Å²) in [5.41, 5.74) is -1.53. The van der Waals surface area contributed by atoms with Crippen LogP contribution in [0.15, 0.2) is 24.3 Å². The fourth-order valence-electron chi connectivity index (χ4n) is 2.85. The summed E-state index contributed by atoms with van der Waals surface area (Å²) in [4.78, 5) is 29.9. The molecule has 1 atom stereocenters. The summed E-state index contributed by atoms with van der Waals surface area (Å²) in [6.45, 7) is 12.0. The molecule has 182 valence electrons. The molecule has 0 aliphatic heterocycles. The second-order valence-corrected chi connectivity index (χ2v) is 9.91. The number of rotatable bonds is 4. The van der Waals surface area contributed by atoms with Crippen LogP contribution in [0.3, 0.4) is 0 Å². The Balaban J connectivity index is 1.95. The van der Waals surface area contributed by atoms with Crippen molar-refractivity contribution in [2.45, 2.75) is 84.7 Å². The molecule has 2 rings (SSSR count). The highest BCUT2D eigenvalue weighted by Gasteiger charge is 2.33. The Bertz CT molecular complexity index is 865. The van der Waals surface area contributed by atoms with E-state index in [2.05, 4.69) is 11.8 Å². The molecule has 1 amide bonds. The molecule has 8 heteroatoms. The van der Waals surface area contributed by atoms with Crippen LogP contribution in [0.5, 0.6) is 11.5 Å². The van der Waals surface area contributed by atoms with E-state index in [1.54, 1.807) is 55.6 Å². The summed E-state index contributed by atoms with van der Waals surface area (Å²) in [5, 5.41) is 0.816. The third-order valence-corrected chi connectivity index (χ3v) is 4.44. The van der Waals surface area contributed by atoms with Crippen LogP contribution in [0, 0.1) is 17.8 Å². The number of nitrogens with zero attached hydrogens (tertiary/aromatic N) is 1. The van der Waals surface area contributed by atoms with Gasteiger partial charge in [0.1, 0.15) is 34.8 Å². The van der Waals surface area contributed by atoms with Gasteiger partial charge in [-0.05, 0) is 85.6 Å². The van der Waals surface area contributed by atoms with E-state index in [1.807, 2.05) is 24.3 Å². The van der Waals surface area contributed by atoms with Crippen LogP contribution in [0.25, 0.3) is 0 Å². The van der Waals surface area contributed by atoms with E-state index >= 15 is 0 Å². The van der Waals surface area contributed by atoms with E-state index in [9.17, 15) is 9.59 Å². The first-order valence-corrected chi connectivity index (χ1v) is 11.0. The minimum atomic E-state index is -1.00. The highest BCUT2D eigenvalue weighted by molar-refractivity contribution is 5.70. The van der Waals surface area contributed by atoms with Crippen LogP contribution in [-0.2, 0) is 14.3 Å². The lowest BCUT2D eigenvalue weighted by molar-refractivity contribution is -0.144. The molecule has 1 aromatic rings. The summed E-state index contributed by atoms with van der Waals surface area (Å²) in [7, 11) is 1.62. The second-order valence-electron chi connectivity index (χ2n) is 9.91. The predicted molar refractivity (Wildman–Crippen MR) is 123 cm³/mol. The highest BCUT2D eigenvalue weighted by atomic mass is 16.8. The number of hydrogen-bond donors (Lipinski definition) is 0. The van der Waals surface area contributed by atoms with Crippen LogP contribution in [0.1, 0.15) is 61.3 Å². The largest absolute Gasteiger partial charge is 0.534 e. The summed E-state index contributed by atoms with van der Waals surface area (Å²) in [6.07, 6.45) is -0.202. The first kappa shape index (κ1) is 26.2. The van der Waals surface area contributed by atoms with Crippen molar-refractivity contribution in [1.82, 2.24) is 5.06 Å². The average Bonchev–Trinajstić information content (AvgIpc) is 2.65. The van der Waals surface area contributed by atoms with Gasteiger partial charge in [-0.15, -0.1) is 5.06 Å². The Labute approximate surface area is 196 Å². The highest BCUT2D eigenvalue weighted by Crippen LogP contribution is 2.31. The van der Waals surface area contributed by atoms with Gasteiger partial charge in [0.2, 0.25) is 0 Å². The molecule has 1 unspecified atom stereocenters. The Morgan fingerprint density at radius 2 is 1.52 bits per heavy atom. The maximum Gasteiger partial charge on any atom is 0.534 e. The molecule has 0 N–H and O–H groups in total. The Morgan fingerprint density at radius 1 is 0.970 bits per heavy atom. The quantitative estimate of drug-likeness (QED) is 0.340. The first-order valence-electron chi connectivity index (χ1n) is 11.0. The van der Waals surface area contributed by atoms with E-state index in [0.717, 1.165) is 29.4 Å². The smallest absolute Gasteiger partial charge is 0.497 e. The zero-order chi connectivity index (χ0) is 24.8. The second kappa shape index (κ2) is 10.7. The lowest BCUT2D eigenvalue weighted by atomic mass is 9.82. The average molecular weight is 462 g/mol. The summed E-state index contributed by atoms with van der Waals surface area (Å²) in [6, 6.07) is 6.71. The minimum absolute atomic E-state index is 0.0768. The van der Waals surface area contributed by atoms with Gasteiger partial charge in [0.05, 0.1) is 7.11 Å². The number of amides is 1. The molecule has 0 spiro atoms. The van der Waals surface area contributed by atoms with Crippen molar-refractivity contribution in [3.63, 3.8) is 0 Å². The third-order valence-electron chi connectivity index (χ3n) is 4.44. The molecular weight excluding hydrogens is 426 g/mol. The first-order chi connectivity index (χ1) is 15.3. The molecular formula is C25H35NO7. The van der Waals surface area contributed by atoms with E-state index in [4.69, 9.17) is 23.8 Å². The van der Waals surface area contributed by atoms with Crippen molar-refractivity contribution in [3.8, 4) is 23.3 Å². The molecule has 33 heavy (non-hydrogen) atoms. The van der Waals surface area contributed by atoms with Crippen LogP contribution in [0.2, 0.25) is 0 Å². The lowest BCUT2D eigenvalue weighted by Crippen LogP contribution is -2.44. The van der Waals surface area contributed by atoms with Crippen molar-refractivity contribution in [2.75, 3.05) is 7.11 Å². The van der Waals surface area contributed by atoms with Gasteiger partial charge in [0.25, 0.3) is 0 Å². The molecule has 0 aromatic heterocycles. The molecule has 1 aromatic carbocycles. The summed E-state index contributed by atoms with van der Waals surface area (Å²) in [5.74, 6) is 7.81. The van der Waals surface area contributed by atoms with Gasteiger partial charge in [0, 0.05) is 5.92 Å². The predicted octanol–water partition coefficient (Wildman–Crippen LogP) is 5.35. The number of methoxy groups -OCH3 is 1. The van der Waals surface area contributed by atoms with Crippen molar-refractivity contribution in [2.24, 2.45) is 5.92 Å². The van der Waals surface area contributed by atoms with Gasteiger partial charge in [-0.2, -0.15) is 0 Å². The van der Waals surface area contributed by atoms with Gasteiger partial charge < -0.3 is 18.9 Å². The molecule has 1 fully saturated rings. The Hall–Kier alpha value is -3.08. The SMILES string of the molecule is COc1ccc(OC2CC(C#CC(C)N(OC(=O)OC(C)(C)C)C(=O)OC(C)(C)C)C2)cc1. The van der Waals surface area contributed by atoms with Crippen LogP contribution in [0.4, 0.5) is 9.59 Å². The zero-order valence-electron chi connectivity index (χ0n) is 20.8. The number of carbonyl (C=O) groups is 2. The van der Waals surface area contributed by atoms with E-state index in [0.29, 0.717) is 0 Å². The maximum atomic E-state index is 12.6. The minimum Gasteiger partial charge on any atom is -0.497 e. The molecule has 0 bridgehead atoms. The van der Waals surface area contributed by atoms with Crippen LogP contribution >= 0.6 is 0 Å².